The Morgan fingerprint density at radius 1 is 1.06 bits per heavy atom. The molecule has 1 saturated carbocycles. The minimum Gasteiger partial charge on any atom is -0.497 e. The second kappa shape index (κ2) is 5.29. The molecule has 0 bridgehead atoms. The topological polar surface area (TPSA) is 33.3 Å². The fourth-order valence-electron chi connectivity index (χ4n) is 3.21. The standard InChI is InChI=1S/C15H22N2O/c1-18-12-8-6-11(7-9-12)15-10-16-13-4-2-3-5-14(13)17-15/h6-9,13-17H,2-5,10H2,1H3/t13-,14-,15+/m1/s1. The Kier molecular flexibility index (Phi) is 3.52. The second-order valence-electron chi connectivity index (χ2n) is 5.40. The lowest BCUT2D eigenvalue weighted by atomic mass is 9.87. The first-order valence-electron chi connectivity index (χ1n) is 7.00. The van der Waals surface area contributed by atoms with Crippen LogP contribution in [-0.4, -0.2) is 25.7 Å². The third-order valence-corrected chi connectivity index (χ3v) is 4.28. The van der Waals surface area contributed by atoms with Gasteiger partial charge in [-0.2, -0.15) is 0 Å². The van der Waals surface area contributed by atoms with Crippen LogP contribution in [0.15, 0.2) is 24.3 Å². The number of piperazine rings is 1. The Morgan fingerprint density at radius 2 is 1.78 bits per heavy atom. The number of rotatable bonds is 2. The molecule has 1 aromatic rings. The van der Waals surface area contributed by atoms with Crippen LogP contribution in [-0.2, 0) is 0 Å². The van der Waals surface area contributed by atoms with Gasteiger partial charge in [-0.05, 0) is 30.5 Å². The molecule has 18 heavy (non-hydrogen) atoms. The lowest BCUT2D eigenvalue weighted by Crippen LogP contribution is -2.58. The predicted molar refractivity (Wildman–Crippen MR) is 72.9 cm³/mol. The van der Waals surface area contributed by atoms with E-state index in [9.17, 15) is 0 Å². The number of hydrogen-bond acceptors (Lipinski definition) is 3. The number of methoxy groups -OCH3 is 1. The van der Waals surface area contributed by atoms with E-state index in [4.69, 9.17) is 4.74 Å². The molecular formula is C15H22N2O. The maximum atomic E-state index is 5.21. The van der Waals surface area contributed by atoms with E-state index in [1.54, 1.807) is 7.11 Å². The highest BCUT2D eigenvalue weighted by Crippen LogP contribution is 2.26. The molecule has 1 heterocycles. The van der Waals surface area contributed by atoms with Crippen LogP contribution < -0.4 is 15.4 Å². The predicted octanol–water partition coefficient (Wildman–Crippen LogP) is 2.24. The van der Waals surface area contributed by atoms with Crippen LogP contribution >= 0.6 is 0 Å². The van der Waals surface area contributed by atoms with E-state index < -0.39 is 0 Å². The number of ether oxygens (including phenoxy) is 1. The van der Waals surface area contributed by atoms with Gasteiger partial charge in [-0.25, -0.2) is 0 Å². The Morgan fingerprint density at radius 3 is 2.50 bits per heavy atom. The fraction of sp³-hybridized carbons (Fsp3) is 0.600. The van der Waals surface area contributed by atoms with Crippen LogP contribution in [0.3, 0.4) is 0 Å². The van der Waals surface area contributed by atoms with Crippen molar-refractivity contribution in [2.75, 3.05) is 13.7 Å². The highest BCUT2D eigenvalue weighted by atomic mass is 16.5. The zero-order valence-corrected chi connectivity index (χ0v) is 11.0. The van der Waals surface area contributed by atoms with Gasteiger partial charge in [0.25, 0.3) is 0 Å². The van der Waals surface area contributed by atoms with Crippen LogP contribution in [0.1, 0.15) is 37.3 Å². The summed E-state index contributed by atoms with van der Waals surface area (Å²) in [6, 6.07) is 10.2. The van der Waals surface area contributed by atoms with Crippen LogP contribution in [0.25, 0.3) is 0 Å². The molecule has 1 saturated heterocycles. The van der Waals surface area contributed by atoms with Gasteiger partial charge in [-0.3, -0.25) is 0 Å². The maximum absolute atomic E-state index is 5.21. The number of hydrogen-bond donors (Lipinski definition) is 2. The van der Waals surface area contributed by atoms with E-state index >= 15 is 0 Å². The highest BCUT2D eigenvalue weighted by molar-refractivity contribution is 5.29. The molecule has 0 spiro atoms. The van der Waals surface area contributed by atoms with Crippen molar-refractivity contribution in [3.8, 4) is 5.75 Å². The monoisotopic (exact) mass is 246 g/mol. The lowest BCUT2D eigenvalue weighted by molar-refractivity contribution is 0.213. The van der Waals surface area contributed by atoms with Gasteiger partial charge >= 0.3 is 0 Å². The smallest absolute Gasteiger partial charge is 0.118 e. The number of benzene rings is 1. The molecule has 0 amide bonds. The van der Waals surface area contributed by atoms with Crippen molar-refractivity contribution in [3.05, 3.63) is 29.8 Å². The van der Waals surface area contributed by atoms with E-state index in [1.165, 1.54) is 31.2 Å². The molecule has 0 aromatic heterocycles. The van der Waals surface area contributed by atoms with E-state index in [-0.39, 0.29) is 0 Å². The average molecular weight is 246 g/mol. The summed E-state index contributed by atoms with van der Waals surface area (Å²) in [6.07, 6.45) is 5.38. The lowest BCUT2D eigenvalue weighted by Gasteiger charge is -2.41. The zero-order valence-electron chi connectivity index (χ0n) is 11.0. The van der Waals surface area contributed by atoms with Crippen molar-refractivity contribution in [3.63, 3.8) is 0 Å². The molecule has 3 nitrogen and oxygen atoms in total. The van der Waals surface area contributed by atoms with E-state index in [2.05, 4.69) is 22.8 Å². The van der Waals surface area contributed by atoms with Crippen molar-refractivity contribution >= 4 is 0 Å². The van der Waals surface area contributed by atoms with Gasteiger partial charge in [0.15, 0.2) is 0 Å². The van der Waals surface area contributed by atoms with Crippen molar-refractivity contribution in [2.45, 2.75) is 43.8 Å². The normalized spacial score (nSPS) is 31.7. The molecule has 1 aromatic carbocycles. The molecule has 1 aliphatic carbocycles. The first kappa shape index (κ1) is 12.0. The van der Waals surface area contributed by atoms with Gasteiger partial charge in [0.2, 0.25) is 0 Å². The van der Waals surface area contributed by atoms with Gasteiger partial charge in [0.1, 0.15) is 5.75 Å². The largest absolute Gasteiger partial charge is 0.497 e. The molecule has 3 rings (SSSR count). The van der Waals surface area contributed by atoms with Gasteiger partial charge in [0, 0.05) is 24.7 Å². The molecule has 1 aliphatic heterocycles. The Hall–Kier alpha value is -1.06. The number of fused-ring (bicyclic) bond motifs is 1. The van der Waals surface area contributed by atoms with Crippen molar-refractivity contribution < 1.29 is 4.74 Å². The summed E-state index contributed by atoms with van der Waals surface area (Å²) in [4.78, 5) is 0. The molecule has 0 radical (unpaired) electrons. The van der Waals surface area contributed by atoms with Crippen molar-refractivity contribution in [2.24, 2.45) is 0 Å². The van der Waals surface area contributed by atoms with E-state index in [0.717, 1.165) is 12.3 Å². The molecule has 3 heteroatoms. The van der Waals surface area contributed by atoms with Crippen LogP contribution in [0.5, 0.6) is 5.75 Å². The molecule has 98 valence electrons. The van der Waals surface area contributed by atoms with Gasteiger partial charge < -0.3 is 15.4 Å². The Bertz CT molecular complexity index is 390. The highest BCUT2D eigenvalue weighted by Gasteiger charge is 2.31. The first-order chi connectivity index (χ1) is 8.86. The fourth-order valence-corrected chi connectivity index (χ4v) is 3.21. The minimum atomic E-state index is 0.440. The SMILES string of the molecule is COc1ccc([C@@H]2CN[C@@H]3CCCC[C@H]3N2)cc1. The summed E-state index contributed by atoms with van der Waals surface area (Å²) in [6.45, 7) is 1.04. The van der Waals surface area contributed by atoms with E-state index in [1.807, 2.05) is 12.1 Å². The summed E-state index contributed by atoms with van der Waals surface area (Å²) in [5.41, 5.74) is 1.35. The molecule has 2 N–H and O–H groups in total. The van der Waals surface area contributed by atoms with Crippen molar-refractivity contribution in [1.29, 1.82) is 0 Å². The summed E-state index contributed by atoms with van der Waals surface area (Å²) in [5.74, 6) is 0.929. The van der Waals surface area contributed by atoms with Gasteiger partial charge in [-0.15, -0.1) is 0 Å². The average Bonchev–Trinajstić information content (AvgIpc) is 2.47. The van der Waals surface area contributed by atoms with Gasteiger partial charge in [0.05, 0.1) is 7.11 Å². The third-order valence-electron chi connectivity index (χ3n) is 4.28. The molecule has 0 unspecified atom stereocenters. The summed E-state index contributed by atoms with van der Waals surface area (Å²) >= 11 is 0. The molecular weight excluding hydrogens is 224 g/mol. The molecule has 2 aliphatic rings. The Labute approximate surface area is 109 Å². The minimum absolute atomic E-state index is 0.440. The summed E-state index contributed by atoms with van der Waals surface area (Å²) in [5, 5.41) is 7.51. The summed E-state index contributed by atoms with van der Waals surface area (Å²) in [7, 11) is 1.71. The van der Waals surface area contributed by atoms with Crippen LogP contribution in [0, 0.1) is 0 Å². The Balaban J connectivity index is 1.69. The van der Waals surface area contributed by atoms with Crippen LogP contribution in [0.4, 0.5) is 0 Å². The van der Waals surface area contributed by atoms with Crippen molar-refractivity contribution in [1.82, 2.24) is 10.6 Å². The van der Waals surface area contributed by atoms with E-state index in [0.29, 0.717) is 18.1 Å². The quantitative estimate of drug-likeness (QED) is 0.839. The molecule has 3 atom stereocenters. The summed E-state index contributed by atoms with van der Waals surface area (Å²) < 4.78 is 5.21. The third kappa shape index (κ3) is 2.38. The van der Waals surface area contributed by atoms with Crippen LogP contribution in [0.2, 0.25) is 0 Å². The molecule has 2 fully saturated rings. The second-order valence-corrected chi connectivity index (χ2v) is 5.40. The first-order valence-corrected chi connectivity index (χ1v) is 7.00. The zero-order chi connectivity index (χ0) is 12.4. The maximum Gasteiger partial charge on any atom is 0.118 e. The number of nitrogens with one attached hydrogen (secondary N) is 2. The van der Waals surface area contributed by atoms with Gasteiger partial charge in [-0.1, -0.05) is 25.0 Å².